The van der Waals surface area contributed by atoms with Crippen molar-refractivity contribution in [3.8, 4) is 0 Å². The highest BCUT2D eigenvalue weighted by Gasteiger charge is 2.22. The van der Waals surface area contributed by atoms with Crippen LogP contribution in [0, 0.1) is 0 Å². The van der Waals surface area contributed by atoms with E-state index in [1.807, 2.05) is 0 Å². The lowest BCUT2D eigenvalue weighted by atomic mass is 10.1. The molecule has 1 aromatic rings. The normalized spacial score (nSPS) is 13.5. The summed E-state index contributed by atoms with van der Waals surface area (Å²) in [6.45, 7) is -2.96. The molecule has 0 spiro atoms. The highest BCUT2D eigenvalue weighted by atomic mass is 31.2. The number of benzene rings is 1. The molecule has 0 amide bonds. The molecular weight excluding hydrogens is 283 g/mol. The third-order valence-corrected chi connectivity index (χ3v) is 3.31. The van der Waals surface area contributed by atoms with Gasteiger partial charge < -0.3 is 14.9 Å². The predicted octanol–water partition coefficient (Wildman–Crippen LogP) is 0.298. The van der Waals surface area contributed by atoms with Crippen LogP contribution >= 0.6 is 7.60 Å². The Labute approximate surface area is 107 Å². The van der Waals surface area contributed by atoms with Gasteiger partial charge >= 0.3 is 13.6 Å². The molecule has 0 bridgehead atoms. The van der Waals surface area contributed by atoms with Crippen molar-refractivity contribution >= 4 is 18.9 Å². The number of rotatable bonds is 6. The number of hydrogen-bond acceptors (Lipinski definition) is 3. The minimum absolute atomic E-state index is 0.218. The topological polar surface area (TPSA) is 107 Å². The van der Waals surface area contributed by atoms with E-state index in [0.717, 1.165) is 12.1 Å². The van der Waals surface area contributed by atoms with Crippen molar-refractivity contribution in [2.24, 2.45) is 0 Å². The van der Waals surface area contributed by atoms with Gasteiger partial charge in [-0.25, -0.2) is 5.32 Å². The zero-order valence-corrected chi connectivity index (χ0v) is 10.4. The third kappa shape index (κ3) is 5.04. The zero-order chi connectivity index (χ0) is 14.6. The molecule has 19 heavy (non-hydrogen) atoms. The SMILES string of the molecule is O=C(O)[C@H](Cc1ccc(P(=O)(O)O)cc1)NC(F)F. The molecule has 0 aliphatic rings. The van der Waals surface area contributed by atoms with Crippen LogP contribution in [0.15, 0.2) is 24.3 Å². The molecule has 1 atom stereocenters. The highest BCUT2D eigenvalue weighted by Crippen LogP contribution is 2.32. The number of carboxylic acids is 1. The number of hydrogen-bond donors (Lipinski definition) is 4. The second-order valence-electron chi connectivity index (χ2n) is 3.77. The molecular formula is C10H12F2NO5P. The molecule has 1 aromatic carbocycles. The Kier molecular flexibility index (Phi) is 5.13. The van der Waals surface area contributed by atoms with Gasteiger partial charge in [0.15, 0.2) is 0 Å². The fourth-order valence-electron chi connectivity index (χ4n) is 1.43. The van der Waals surface area contributed by atoms with E-state index < -0.39 is 26.2 Å². The first-order valence-corrected chi connectivity index (χ1v) is 6.73. The van der Waals surface area contributed by atoms with E-state index in [1.165, 1.54) is 12.1 Å². The summed E-state index contributed by atoms with van der Waals surface area (Å²) < 4.78 is 35.1. The first kappa shape index (κ1) is 15.7. The maximum atomic E-state index is 12.1. The van der Waals surface area contributed by atoms with Crippen molar-refractivity contribution in [2.75, 3.05) is 0 Å². The van der Waals surface area contributed by atoms with Gasteiger partial charge in [0.1, 0.15) is 6.04 Å². The maximum Gasteiger partial charge on any atom is 0.356 e. The lowest BCUT2D eigenvalue weighted by Crippen LogP contribution is -2.41. The number of aliphatic carboxylic acids is 1. The van der Waals surface area contributed by atoms with Crippen LogP contribution in [-0.4, -0.2) is 33.5 Å². The van der Waals surface area contributed by atoms with Gasteiger partial charge in [-0.1, -0.05) is 12.1 Å². The summed E-state index contributed by atoms with van der Waals surface area (Å²) in [5, 5.41) is 10.1. The first-order chi connectivity index (χ1) is 8.70. The summed E-state index contributed by atoms with van der Waals surface area (Å²) >= 11 is 0. The average molecular weight is 295 g/mol. The molecule has 0 unspecified atom stereocenters. The van der Waals surface area contributed by atoms with Crippen LogP contribution in [0.1, 0.15) is 5.56 Å². The minimum Gasteiger partial charge on any atom is -0.480 e. The average Bonchev–Trinajstić information content (AvgIpc) is 2.27. The smallest absolute Gasteiger partial charge is 0.356 e. The predicted molar refractivity (Wildman–Crippen MR) is 62.4 cm³/mol. The number of carboxylic acid groups (broad SMARTS) is 1. The van der Waals surface area contributed by atoms with Crippen molar-refractivity contribution in [1.82, 2.24) is 5.32 Å². The van der Waals surface area contributed by atoms with Gasteiger partial charge in [0, 0.05) is 0 Å². The summed E-state index contributed by atoms with van der Waals surface area (Å²) in [7, 11) is -4.37. The van der Waals surface area contributed by atoms with Crippen molar-refractivity contribution in [2.45, 2.75) is 19.0 Å². The molecule has 9 heteroatoms. The summed E-state index contributed by atoms with van der Waals surface area (Å²) in [5.74, 6) is -1.43. The van der Waals surface area contributed by atoms with Crippen molar-refractivity contribution in [1.29, 1.82) is 0 Å². The summed E-state index contributed by atoms with van der Waals surface area (Å²) in [6.07, 6.45) is -0.221. The molecule has 0 aliphatic heterocycles. The Morgan fingerprint density at radius 1 is 1.26 bits per heavy atom. The van der Waals surface area contributed by atoms with E-state index in [-0.39, 0.29) is 11.7 Å². The van der Waals surface area contributed by atoms with E-state index in [2.05, 4.69) is 0 Å². The lowest BCUT2D eigenvalue weighted by molar-refractivity contribution is -0.140. The molecule has 1 rings (SSSR count). The van der Waals surface area contributed by atoms with Crippen LogP contribution in [0.3, 0.4) is 0 Å². The molecule has 106 valence electrons. The lowest BCUT2D eigenvalue weighted by Gasteiger charge is -2.14. The van der Waals surface area contributed by atoms with Crippen LogP contribution in [0.4, 0.5) is 8.78 Å². The maximum absolute atomic E-state index is 12.1. The van der Waals surface area contributed by atoms with Crippen LogP contribution in [0.2, 0.25) is 0 Å². The van der Waals surface area contributed by atoms with Crippen LogP contribution in [-0.2, 0) is 15.8 Å². The Balaban J connectivity index is 2.81. The van der Waals surface area contributed by atoms with E-state index in [4.69, 9.17) is 14.9 Å². The number of carbonyl (C=O) groups is 1. The molecule has 6 nitrogen and oxygen atoms in total. The summed E-state index contributed by atoms with van der Waals surface area (Å²) in [4.78, 5) is 28.5. The Bertz CT molecular complexity index is 487. The fraction of sp³-hybridized carbons (Fsp3) is 0.300. The zero-order valence-electron chi connectivity index (χ0n) is 9.53. The Morgan fingerprint density at radius 2 is 1.79 bits per heavy atom. The molecule has 0 aliphatic carbocycles. The van der Waals surface area contributed by atoms with Gasteiger partial charge in [-0.05, 0) is 24.1 Å². The van der Waals surface area contributed by atoms with Gasteiger partial charge in [0.05, 0.1) is 5.30 Å². The third-order valence-electron chi connectivity index (χ3n) is 2.34. The van der Waals surface area contributed by atoms with Crippen LogP contribution in [0.25, 0.3) is 0 Å². The van der Waals surface area contributed by atoms with E-state index in [1.54, 1.807) is 5.32 Å². The Hall–Kier alpha value is -1.34. The summed E-state index contributed by atoms with van der Waals surface area (Å²) in [6, 6.07) is 3.38. The molecule has 0 fully saturated rings. The number of halogens is 2. The summed E-state index contributed by atoms with van der Waals surface area (Å²) in [5.41, 5.74) is 0.373. The standard InChI is InChI=1S/C10H12F2NO5P/c11-10(12)13-8(9(14)15)5-6-1-3-7(4-2-6)19(16,17)18/h1-4,8,10,13H,5H2,(H,14,15)(H2,16,17,18)/t8-/m0/s1. The van der Waals surface area contributed by atoms with Gasteiger partial charge in [-0.15, -0.1) is 0 Å². The van der Waals surface area contributed by atoms with Crippen molar-refractivity contribution in [3.05, 3.63) is 29.8 Å². The van der Waals surface area contributed by atoms with E-state index in [0.29, 0.717) is 5.56 Å². The largest absolute Gasteiger partial charge is 0.480 e. The monoisotopic (exact) mass is 295 g/mol. The molecule has 4 N–H and O–H groups in total. The van der Waals surface area contributed by atoms with Crippen molar-refractivity contribution < 1.29 is 33.0 Å². The molecule has 0 saturated heterocycles. The van der Waals surface area contributed by atoms with Crippen LogP contribution in [0.5, 0.6) is 0 Å². The minimum atomic E-state index is -4.37. The highest BCUT2D eigenvalue weighted by molar-refractivity contribution is 7.60. The molecule has 0 heterocycles. The fourth-order valence-corrected chi connectivity index (χ4v) is 1.97. The van der Waals surface area contributed by atoms with Gasteiger partial charge in [-0.3, -0.25) is 9.36 Å². The van der Waals surface area contributed by atoms with Gasteiger partial charge in [0.2, 0.25) is 0 Å². The Morgan fingerprint density at radius 3 is 2.16 bits per heavy atom. The van der Waals surface area contributed by atoms with Crippen LogP contribution < -0.4 is 10.6 Å². The quantitative estimate of drug-likeness (QED) is 0.444. The molecule has 0 radical (unpaired) electrons. The number of alkyl halides is 2. The number of nitrogens with one attached hydrogen (secondary N) is 1. The van der Waals surface area contributed by atoms with Gasteiger partial charge in [0.25, 0.3) is 6.55 Å². The van der Waals surface area contributed by atoms with E-state index in [9.17, 15) is 18.1 Å². The molecule has 0 saturated carbocycles. The first-order valence-electron chi connectivity index (χ1n) is 5.12. The van der Waals surface area contributed by atoms with Crippen molar-refractivity contribution in [3.63, 3.8) is 0 Å². The second kappa shape index (κ2) is 6.21. The van der Waals surface area contributed by atoms with E-state index >= 15 is 0 Å². The van der Waals surface area contributed by atoms with Gasteiger partial charge in [-0.2, -0.15) is 8.78 Å². The molecule has 0 aromatic heterocycles. The second-order valence-corrected chi connectivity index (χ2v) is 5.38.